The average Bonchev–Trinajstić information content (AvgIpc) is 3.04. The van der Waals surface area contributed by atoms with E-state index in [1.54, 1.807) is 6.20 Å². The van der Waals surface area contributed by atoms with Crippen LogP contribution in [0.25, 0.3) is 0 Å². The first-order chi connectivity index (χ1) is 12.3. The van der Waals surface area contributed by atoms with Crippen LogP contribution in [0.1, 0.15) is 44.6 Å². The van der Waals surface area contributed by atoms with Gasteiger partial charge in [0.1, 0.15) is 5.82 Å². The minimum absolute atomic E-state index is 0.000133. The molecule has 2 aromatic rings. The van der Waals surface area contributed by atoms with Crippen LogP contribution < -0.4 is 5.32 Å². The number of nitrogens with zero attached hydrogens (tertiary/aromatic N) is 3. The lowest BCUT2D eigenvalue weighted by molar-refractivity contribution is -0.0756. The number of carbonyl (C=O) groups is 1. The minimum atomic E-state index is -0.126. The standard InChI is InChI=1S/C20H26N4O/c1-2-14-24-18(11-13-21-24)22-19(25)23-15-17-10-6-7-12-20(17,23)16-8-4-3-5-9-16/h3-5,8-9,11,13,17H,2,6-7,10,12,14-15H2,1H3,(H,22,25)/t17-,20-/m0/s1. The topological polar surface area (TPSA) is 50.2 Å². The van der Waals surface area contributed by atoms with E-state index in [0.29, 0.717) is 5.92 Å². The van der Waals surface area contributed by atoms with E-state index in [1.807, 2.05) is 16.8 Å². The molecule has 2 fully saturated rings. The zero-order valence-electron chi connectivity index (χ0n) is 14.8. The number of hydrogen-bond acceptors (Lipinski definition) is 2. The molecule has 1 aliphatic carbocycles. The highest BCUT2D eigenvalue weighted by molar-refractivity contribution is 5.90. The summed E-state index contributed by atoms with van der Waals surface area (Å²) in [5, 5.41) is 7.39. The Bertz CT molecular complexity index is 741. The maximum absolute atomic E-state index is 13.1. The first kappa shape index (κ1) is 16.2. The quantitative estimate of drug-likeness (QED) is 0.907. The Hall–Kier alpha value is -2.30. The Morgan fingerprint density at radius 2 is 2.12 bits per heavy atom. The van der Waals surface area contributed by atoms with Crippen LogP contribution in [0.15, 0.2) is 42.6 Å². The van der Waals surface area contributed by atoms with Gasteiger partial charge in [-0.05, 0) is 24.8 Å². The summed E-state index contributed by atoms with van der Waals surface area (Å²) in [6.45, 7) is 3.78. The van der Waals surface area contributed by atoms with Gasteiger partial charge in [-0.2, -0.15) is 5.10 Å². The summed E-state index contributed by atoms with van der Waals surface area (Å²) in [6.07, 6.45) is 7.47. The smallest absolute Gasteiger partial charge is 0.314 e. The van der Waals surface area contributed by atoms with Crippen molar-refractivity contribution in [2.24, 2.45) is 5.92 Å². The number of carbonyl (C=O) groups excluding carboxylic acids is 1. The second-order valence-corrected chi connectivity index (χ2v) is 7.21. The summed E-state index contributed by atoms with van der Waals surface area (Å²) in [5.74, 6) is 1.37. The number of likely N-dealkylation sites (tertiary alicyclic amines) is 1. The molecule has 132 valence electrons. The fourth-order valence-corrected chi connectivity index (χ4v) is 4.63. The monoisotopic (exact) mass is 338 g/mol. The molecular formula is C20H26N4O. The molecule has 1 saturated heterocycles. The first-order valence-electron chi connectivity index (χ1n) is 9.41. The number of hydrogen-bond donors (Lipinski definition) is 1. The fourth-order valence-electron chi connectivity index (χ4n) is 4.63. The fraction of sp³-hybridized carbons (Fsp3) is 0.500. The van der Waals surface area contributed by atoms with Crippen LogP contribution in [0.3, 0.4) is 0 Å². The molecule has 1 N–H and O–H groups in total. The highest BCUT2D eigenvalue weighted by atomic mass is 16.2. The van der Waals surface area contributed by atoms with Gasteiger partial charge in [-0.25, -0.2) is 9.48 Å². The van der Waals surface area contributed by atoms with Crippen LogP contribution in [0, 0.1) is 5.92 Å². The van der Waals surface area contributed by atoms with Crippen molar-refractivity contribution in [3.63, 3.8) is 0 Å². The summed E-state index contributed by atoms with van der Waals surface area (Å²) >= 11 is 0. The average molecular weight is 338 g/mol. The molecule has 2 aliphatic rings. The summed E-state index contributed by atoms with van der Waals surface area (Å²) in [5.41, 5.74) is 1.15. The molecule has 2 amide bonds. The van der Waals surface area contributed by atoms with E-state index < -0.39 is 0 Å². The van der Waals surface area contributed by atoms with Crippen molar-refractivity contribution < 1.29 is 4.79 Å². The second-order valence-electron chi connectivity index (χ2n) is 7.21. The third-order valence-electron chi connectivity index (χ3n) is 5.83. The van der Waals surface area contributed by atoms with Crippen LogP contribution in [0.4, 0.5) is 10.6 Å². The number of rotatable bonds is 4. The molecule has 0 spiro atoms. The van der Waals surface area contributed by atoms with Gasteiger partial charge in [0.25, 0.3) is 0 Å². The number of benzene rings is 1. The molecule has 2 atom stereocenters. The van der Waals surface area contributed by atoms with Crippen LogP contribution in [0.5, 0.6) is 0 Å². The van der Waals surface area contributed by atoms with E-state index >= 15 is 0 Å². The largest absolute Gasteiger partial charge is 0.323 e. The van der Waals surface area contributed by atoms with Gasteiger partial charge in [-0.15, -0.1) is 0 Å². The van der Waals surface area contributed by atoms with Crippen molar-refractivity contribution in [1.82, 2.24) is 14.7 Å². The lowest BCUT2D eigenvalue weighted by atomic mass is 9.62. The van der Waals surface area contributed by atoms with Crippen LogP contribution in [-0.4, -0.2) is 27.3 Å². The number of urea groups is 1. The van der Waals surface area contributed by atoms with Gasteiger partial charge in [-0.3, -0.25) is 5.32 Å². The van der Waals surface area contributed by atoms with E-state index in [1.165, 1.54) is 24.8 Å². The maximum Gasteiger partial charge on any atom is 0.323 e. The normalized spacial score (nSPS) is 25.2. The Balaban J connectivity index is 1.59. The van der Waals surface area contributed by atoms with Crippen molar-refractivity contribution in [3.05, 3.63) is 48.2 Å². The molecule has 2 heterocycles. The Morgan fingerprint density at radius 1 is 1.28 bits per heavy atom. The molecule has 0 bridgehead atoms. The highest BCUT2D eigenvalue weighted by Gasteiger charge is 2.57. The van der Waals surface area contributed by atoms with Crippen molar-refractivity contribution in [2.45, 2.75) is 51.1 Å². The van der Waals surface area contributed by atoms with Gasteiger partial charge in [0.15, 0.2) is 0 Å². The predicted octanol–water partition coefficient (Wildman–Crippen LogP) is 4.23. The predicted molar refractivity (Wildman–Crippen MR) is 98.3 cm³/mol. The minimum Gasteiger partial charge on any atom is -0.314 e. The summed E-state index contributed by atoms with van der Waals surface area (Å²) < 4.78 is 1.87. The van der Waals surface area contributed by atoms with Gasteiger partial charge in [0, 0.05) is 25.1 Å². The first-order valence-corrected chi connectivity index (χ1v) is 9.41. The maximum atomic E-state index is 13.1. The summed E-state index contributed by atoms with van der Waals surface area (Å²) in [6, 6.07) is 12.4. The van der Waals surface area contributed by atoms with Crippen molar-refractivity contribution in [1.29, 1.82) is 0 Å². The van der Waals surface area contributed by atoms with E-state index in [2.05, 4.69) is 46.5 Å². The molecular weight excluding hydrogens is 312 g/mol. The SMILES string of the molecule is CCCn1nccc1NC(=O)N1C[C@@H]2CCCC[C@]21c1ccccc1. The van der Waals surface area contributed by atoms with Gasteiger partial charge in [0.2, 0.25) is 0 Å². The van der Waals surface area contributed by atoms with Crippen LogP contribution in [0.2, 0.25) is 0 Å². The van der Waals surface area contributed by atoms with E-state index in [-0.39, 0.29) is 11.6 Å². The zero-order chi connectivity index (χ0) is 17.3. The Labute approximate surface area is 149 Å². The number of amides is 2. The molecule has 25 heavy (non-hydrogen) atoms. The van der Waals surface area contributed by atoms with Crippen molar-refractivity contribution >= 4 is 11.8 Å². The van der Waals surface area contributed by atoms with Crippen LogP contribution >= 0.6 is 0 Å². The lowest BCUT2D eigenvalue weighted by Gasteiger charge is -2.61. The van der Waals surface area contributed by atoms with E-state index in [0.717, 1.165) is 31.7 Å². The van der Waals surface area contributed by atoms with E-state index in [4.69, 9.17) is 0 Å². The summed E-state index contributed by atoms with van der Waals surface area (Å²) in [7, 11) is 0. The van der Waals surface area contributed by atoms with Crippen LogP contribution in [-0.2, 0) is 12.1 Å². The number of nitrogens with one attached hydrogen (secondary N) is 1. The Kier molecular flexibility index (Phi) is 4.24. The number of anilines is 1. The van der Waals surface area contributed by atoms with Gasteiger partial charge in [0.05, 0.1) is 11.7 Å². The Morgan fingerprint density at radius 3 is 2.88 bits per heavy atom. The number of aryl methyl sites for hydroxylation is 1. The van der Waals surface area contributed by atoms with Gasteiger partial charge in [-0.1, -0.05) is 50.1 Å². The molecule has 4 rings (SSSR count). The van der Waals surface area contributed by atoms with Crippen molar-refractivity contribution in [3.8, 4) is 0 Å². The molecule has 5 nitrogen and oxygen atoms in total. The third-order valence-corrected chi connectivity index (χ3v) is 5.83. The number of aromatic nitrogens is 2. The van der Waals surface area contributed by atoms with Gasteiger partial charge < -0.3 is 4.90 Å². The highest BCUT2D eigenvalue weighted by Crippen LogP contribution is 2.53. The molecule has 1 aliphatic heterocycles. The molecule has 0 unspecified atom stereocenters. The second kappa shape index (κ2) is 6.54. The third kappa shape index (κ3) is 2.62. The zero-order valence-corrected chi connectivity index (χ0v) is 14.8. The molecule has 1 saturated carbocycles. The molecule has 1 aromatic heterocycles. The summed E-state index contributed by atoms with van der Waals surface area (Å²) in [4.78, 5) is 15.1. The van der Waals surface area contributed by atoms with Gasteiger partial charge >= 0.3 is 6.03 Å². The molecule has 5 heteroatoms. The van der Waals surface area contributed by atoms with E-state index in [9.17, 15) is 4.79 Å². The number of fused-ring (bicyclic) bond motifs is 1. The molecule has 1 aromatic carbocycles. The lowest BCUT2D eigenvalue weighted by Crippen LogP contribution is -2.68. The van der Waals surface area contributed by atoms with Crippen molar-refractivity contribution in [2.75, 3.05) is 11.9 Å². The molecule has 0 radical (unpaired) electrons.